The molecule has 0 saturated heterocycles. The van der Waals surface area contributed by atoms with Crippen LogP contribution in [0.25, 0.3) is 0 Å². The third-order valence-electron chi connectivity index (χ3n) is 2.25. The molecule has 74 valence electrons. The van der Waals surface area contributed by atoms with E-state index in [4.69, 9.17) is 0 Å². The second-order valence-electron chi connectivity index (χ2n) is 3.30. The Morgan fingerprint density at radius 1 is 1.38 bits per heavy atom. The SMILES string of the molecule is COC(=O)CC(=O)NC1CCCC1. The van der Waals surface area contributed by atoms with Crippen molar-refractivity contribution in [2.24, 2.45) is 0 Å². The summed E-state index contributed by atoms with van der Waals surface area (Å²) in [4.78, 5) is 21.9. The van der Waals surface area contributed by atoms with Crippen molar-refractivity contribution in [3.63, 3.8) is 0 Å². The van der Waals surface area contributed by atoms with Gasteiger partial charge >= 0.3 is 5.97 Å². The number of carbonyl (C=O) groups is 2. The number of hydrogen-bond acceptors (Lipinski definition) is 3. The normalized spacial score (nSPS) is 17.0. The van der Waals surface area contributed by atoms with Crippen LogP contribution in [0, 0.1) is 0 Å². The van der Waals surface area contributed by atoms with Gasteiger partial charge in [0.15, 0.2) is 0 Å². The molecule has 0 heterocycles. The van der Waals surface area contributed by atoms with Crippen LogP contribution in [0.4, 0.5) is 0 Å². The molecule has 0 aromatic rings. The summed E-state index contributed by atoms with van der Waals surface area (Å²) in [5.41, 5.74) is 0. The highest BCUT2D eigenvalue weighted by Gasteiger charge is 2.18. The zero-order chi connectivity index (χ0) is 9.68. The summed E-state index contributed by atoms with van der Waals surface area (Å²) in [6, 6.07) is 0.275. The number of ether oxygens (including phenoxy) is 1. The quantitative estimate of drug-likeness (QED) is 0.517. The summed E-state index contributed by atoms with van der Waals surface area (Å²) in [6.45, 7) is 0. The van der Waals surface area contributed by atoms with Crippen LogP contribution in [-0.2, 0) is 14.3 Å². The molecule has 0 bridgehead atoms. The van der Waals surface area contributed by atoms with Gasteiger partial charge in [0, 0.05) is 6.04 Å². The highest BCUT2D eigenvalue weighted by atomic mass is 16.5. The number of rotatable bonds is 3. The Kier molecular flexibility index (Phi) is 3.73. The van der Waals surface area contributed by atoms with E-state index in [9.17, 15) is 9.59 Å². The van der Waals surface area contributed by atoms with Crippen LogP contribution in [0.15, 0.2) is 0 Å². The molecule has 1 saturated carbocycles. The molecular weight excluding hydrogens is 170 g/mol. The van der Waals surface area contributed by atoms with Crippen LogP contribution in [0.5, 0.6) is 0 Å². The lowest BCUT2D eigenvalue weighted by atomic mass is 10.2. The van der Waals surface area contributed by atoms with Crippen molar-refractivity contribution in [1.29, 1.82) is 0 Å². The number of hydrogen-bond donors (Lipinski definition) is 1. The van der Waals surface area contributed by atoms with Gasteiger partial charge in [-0.05, 0) is 12.8 Å². The van der Waals surface area contributed by atoms with Gasteiger partial charge in [0.1, 0.15) is 6.42 Å². The predicted molar refractivity (Wildman–Crippen MR) is 47.0 cm³/mol. The molecule has 0 aromatic heterocycles. The van der Waals surface area contributed by atoms with Gasteiger partial charge in [-0.15, -0.1) is 0 Å². The van der Waals surface area contributed by atoms with E-state index in [1.165, 1.54) is 20.0 Å². The standard InChI is InChI=1S/C9H15NO3/c1-13-9(12)6-8(11)10-7-4-2-3-5-7/h7H,2-6H2,1H3,(H,10,11). The molecule has 13 heavy (non-hydrogen) atoms. The Labute approximate surface area is 77.6 Å². The summed E-state index contributed by atoms with van der Waals surface area (Å²) in [5, 5.41) is 2.80. The van der Waals surface area contributed by atoms with Crippen molar-refractivity contribution >= 4 is 11.9 Å². The van der Waals surface area contributed by atoms with Gasteiger partial charge in [-0.25, -0.2) is 0 Å². The van der Waals surface area contributed by atoms with E-state index in [0.29, 0.717) is 0 Å². The maximum Gasteiger partial charge on any atom is 0.315 e. The molecular formula is C9H15NO3. The second-order valence-corrected chi connectivity index (χ2v) is 3.30. The Hall–Kier alpha value is -1.06. The van der Waals surface area contributed by atoms with E-state index in [1.54, 1.807) is 0 Å². The van der Waals surface area contributed by atoms with Gasteiger partial charge < -0.3 is 10.1 Å². The fourth-order valence-electron chi connectivity index (χ4n) is 1.55. The van der Waals surface area contributed by atoms with Crippen molar-refractivity contribution in [2.75, 3.05) is 7.11 Å². The first kappa shape index (κ1) is 10.0. The van der Waals surface area contributed by atoms with Gasteiger partial charge in [0.2, 0.25) is 5.91 Å². The van der Waals surface area contributed by atoms with E-state index in [-0.39, 0.29) is 18.4 Å². The molecule has 0 aliphatic heterocycles. The molecule has 1 aliphatic rings. The second kappa shape index (κ2) is 4.84. The number of amides is 1. The Morgan fingerprint density at radius 2 is 2.00 bits per heavy atom. The highest BCUT2D eigenvalue weighted by molar-refractivity contribution is 5.94. The van der Waals surface area contributed by atoms with Crippen LogP contribution < -0.4 is 5.32 Å². The molecule has 1 rings (SSSR count). The predicted octanol–water partition coefficient (Wildman–Crippen LogP) is 0.608. The maximum absolute atomic E-state index is 11.2. The fraction of sp³-hybridized carbons (Fsp3) is 0.778. The van der Waals surface area contributed by atoms with Crippen LogP contribution in [0.3, 0.4) is 0 Å². The summed E-state index contributed by atoms with van der Waals surface area (Å²) in [5.74, 6) is -0.700. The van der Waals surface area contributed by atoms with Crippen molar-refractivity contribution in [3.05, 3.63) is 0 Å². The van der Waals surface area contributed by atoms with Crippen molar-refractivity contribution < 1.29 is 14.3 Å². The van der Waals surface area contributed by atoms with Crippen molar-refractivity contribution in [3.8, 4) is 0 Å². The largest absolute Gasteiger partial charge is 0.469 e. The molecule has 1 N–H and O–H groups in total. The van der Waals surface area contributed by atoms with Crippen LogP contribution >= 0.6 is 0 Å². The van der Waals surface area contributed by atoms with E-state index in [1.807, 2.05) is 0 Å². The number of esters is 1. The third kappa shape index (κ3) is 3.44. The first-order chi connectivity index (χ1) is 6.22. The Morgan fingerprint density at radius 3 is 2.54 bits per heavy atom. The van der Waals surface area contributed by atoms with E-state index in [0.717, 1.165) is 12.8 Å². The lowest BCUT2D eigenvalue weighted by molar-refractivity contribution is -0.143. The average molecular weight is 185 g/mol. The van der Waals surface area contributed by atoms with E-state index >= 15 is 0 Å². The zero-order valence-corrected chi connectivity index (χ0v) is 7.84. The topological polar surface area (TPSA) is 55.4 Å². The first-order valence-electron chi connectivity index (χ1n) is 4.58. The third-order valence-corrected chi connectivity index (χ3v) is 2.25. The van der Waals surface area contributed by atoms with Crippen LogP contribution in [0.2, 0.25) is 0 Å². The lowest BCUT2D eigenvalue weighted by Crippen LogP contribution is -2.34. The number of methoxy groups -OCH3 is 1. The molecule has 0 atom stereocenters. The minimum absolute atomic E-state index is 0.160. The lowest BCUT2D eigenvalue weighted by Gasteiger charge is -2.10. The number of carbonyl (C=O) groups excluding carboxylic acids is 2. The Balaban J connectivity index is 2.20. The molecule has 0 spiro atoms. The minimum Gasteiger partial charge on any atom is -0.469 e. The average Bonchev–Trinajstić information content (AvgIpc) is 2.56. The zero-order valence-electron chi connectivity index (χ0n) is 7.84. The molecule has 1 amide bonds. The summed E-state index contributed by atoms with van der Waals surface area (Å²) in [7, 11) is 1.28. The van der Waals surface area contributed by atoms with Gasteiger partial charge in [0.25, 0.3) is 0 Å². The van der Waals surface area contributed by atoms with Crippen LogP contribution in [-0.4, -0.2) is 25.0 Å². The van der Waals surface area contributed by atoms with Gasteiger partial charge in [-0.2, -0.15) is 0 Å². The summed E-state index contributed by atoms with van der Waals surface area (Å²) < 4.78 is 4.39. The molecule has 0 radical (unpaired) electrons. The first-order valence-corrected chi connectivity index (χ1v) is 4.58. The molecule has 4 heteroatoms. The highest BCUT2D eigenvalue weighted by Crippen LogP contribution is 2.17. The minimum atomic E-state index is -0.476. The smallest absolute Gasteiger partial charge is 0.315 e. The fourth-order valence-corrected chi connectivity index (χ4v) is 1.55. The Bertz CT molecular complexity index is 197. The molecule has 1 aliphatic carbocycles. The van der Waals surface area contributed by atoms with Crippen molar-refractivity contribution in [2.45, 2.75) is 38.1 Å². The summed E-state index contributed by atoms with van der Waals surface area (Å²) in [6.07, 6.45) is 4.25. The van der Waals surface area contributed by atoms with Gasteiger partial charge in [0.05, 0.1) is 7.11 Å². The van der Waals surface area contributed by atoms with Crippen LogP contribution in [0.1, 0.15) is 32.1 Å². The van der Waals surface area contributed by atoms with Gasteiger partial charge in [-0.1, -0.05) is 12.8 Å². The summed E-state index contributed by atoms with van der Waals surface area (Å²) >= 11 is 0. The molecule has 4 nitrogen and oxygen atoms in total. The van der Waals surface area contributed by atoms with E-state index < -0.39 is 5.97 Å². The van der Waals surface area contributed by atoms with Crippen molar-refractivity contribution in [1.82, 2.24) is 5.32 Å². The van der Waals surface area contributed by atoms with Gasteiger partial charge in [-0.3, -0.25) is 9.59 Å². The molecule has 0 aromatic carbocycles. The molecule has 1 fully saturated rings. The van der Waals surface area contributed by atoms with E-state index in [2.05, 4.69) is 10.1 Å². The number of nitrogens with one attached hydrogen (secondary N) is 1. The maximum atomic E-state index is 11.2. The molecule has 0 unspecified atom stereocenters. The monoisotopic (exact) mass is 185 g/mol.